The van der Waals surface area contributed by atoms with E-state index in [0.717, 1.165) is 5.56 Å². The van der Waals surface area contributed by atoms with Gasteiger partial charge in [0.25, 0.3) is 0 Å². The minimum absolute atomic E-state index is 0.157. The zero-order valence-corrected chi connectivity index (χ0v) is 18.2. The number of fused-ring (bicyclic) bond motifs is 1. The van der Waals surface area contributed by atoms with Crippen LogP contribution in [0.5, 0.6) is 6.01 Å². The van der Waals surface area contributed by atoms with E-state index in [9.17, 15) is 4.57 Å². The summed E-state index contributed by atoms with van der Waals surface area (Å²) in [4.78, 5) is 12.9. The molecule has 11 heteroatoms. The van der Waals surface area contributed by atoms with Crippen molar-refractivity contribution in [2.45, 2.75) is 20.4 Å². The smallest absolute Gasteiger partial charge is 0.361 e. The van der Waals surface area contributed by atoms with Crippen molar-refractivity contribution in [3.05, 3.63) is 36.2 Å². The Morgan fingerprint density at radius 3 is 2.60 bits per heavy atom. The molecular weight excluding hydrogens is 409 g/mol. The molecule has 0 unspecified atom stereocenters. The van der Waals surface area contributed by atoms with Gasteiger partial charge in [-0.3, -0.25) is 4.57 Å². The molecule has 0 fully saturated rings. The van der Waals surface area contributed by atoms with Crippen LogP contribution in [0, 0.1) is 0 Å². The van der Waals surface area contributed by atoms with Gasteiger partial charge < -0.3 is 28.8 Å². The van der Waals surface area contributed by atoms with Gasteiger partial charge in [0.1, 0.15) is 6.61 Å². The Labute approximate surface area is 174 Å². The molecule has 0 radical (unpaired) electrons. The predicted molar refractivity (Wildman–Crippen MR) is 113 cm³/mol. The minimum atomic E-state index is -3.37. The Kier molecular flexibility index (Phi) is 7.38. The predicted octanol–water partition coefficient (Wildman–Crippen LogP) is 2.37. The number of nitrogens with two attached hydrogens (primary N) is 1. The zero-order chi connectivity index (χ0) is 21.6. The topological polar surface area (TPSA) is 124 Å². The van der Waals surface area contributed by atoms with Crippen LogP contribution < -0.4 is 15.8 Å². The number of ether oxygens (including phenoxy) is 2. The van der Waals surface area contributed by atoms with Crippen molar-refractivity contribution in [2.24, 2.45) is 0 Å². The molecule has 0 bridgehead atoms. The van der Waals surface area contributed by atoms with E-state index >= 15 is 0 Å². The molecule has 0 saturated heterocycles. The molecule has 0 spiro atoms. The molecule has 3 rings (SSSR count). The van der Waals surface area contributed by atoms with Crippen LogP contribution in [-0.2, 0) is 24.9 Å². The standard InChI is InChI=1S/C19H26N5O5P/c1-4-28-30(25,29-5-2)15-8-6-7-14(11-15)12-24-13-21-16-17(20)22-19(23-18(16)24)27-10-9-26-3/h6-8,11,13H,4-5,9-10,12H2,1-3H3,(H2,20,22,23). The Morgan fingerprint density at radius 1 is 1.13 bits per heavy atom. The van der Waals surface area contributed by atoms with Gasteiger partial charge in [0.2, 0.25) is 0 Å². The van der Waals surface area contributed by atoms with Crippen molar-refractivity contribution in [3.63, 3.8) is 0 Å². The fourth-order valence-electron chi connectivity index (χ4n) is 2.89. The number of aromatic nitrogens is 4. The van der Waals surface area contributed by atoms with Crippen LogP contribution in [0.1, 0.15) is 19.4 Å². The molecule has 1 aromatic carbocycles. The van der Waals surface area contributed by atoms with Crippen LogP contribution in [0.2, 0.25) is 0 Å². The van der Waals surface area contributed by atoms with E-state index in [0.29, 0.717) is 36.2 Å². The Morgan fingerprint density at radius 2 is 1.90 bits per heavy atom. The highest BCUT2D eigenvalue weighted by Gasteiger charge is 2.26. The van der Waals surface area contributed by atoms with Crippen LogP contribution >= 0.6 is 7.60 Å². The summed E-state index contributed by atoms with van der Waals surface area (Å²) in [6, 6.07) is 7.43. The van der Waals surface area contributed by atoms with Gasteiger partial charge in [-0.2, -0.15) is 9.97 Å². The lowest BCUT2D eigenvalue weighted by molar-refractivity contribution is 0.141. The maximum Gasteiger partial charge on any atom is 0.361 e. The number of benzene rings is 1. The third kappa shape index (κ3) is 4.96. The second kappa shape index (κ2) is 9.99. The normalized spacial score (nSPS) is 11.8. The summed E-state index contributed by atoms with van der Waals surface area (Å²) >= 11 is 0. The molecule has 3 aromatic rings. The van der Waals surface area contributed by atoms with Crippen molar-refractivity contribution in [1.29, 1.82) is 0 Å². The molecule has 0 saturated carbocycles. The highest BCUT2D eigenvalue weighted by Crippen LogP contribution is 2.46. The molecule has 2 heterocycles. The number of rotatable bonds is 11. The van der Waals surface area contributed by atoms with Gasteiger partial charge in [-0.25, -0.2) is 4.98 Å². The highest BCUT2D eigenvalue weighted by atomic mass is 31.2. The Bertz CT molecular complexity index is 1030. The first kappa shape index (κ1) is 22.2. The van der Waals surface area contributed by atoms with Crippen molar-refractivity contribution in [2.75, 3.05) is 39.3 Å². The van der Waals surface area contributed by atoms with E-state index in [1.54, 1.807) is 39.4 Å². The van der Waals surface area contributed by atoms with E-state index in [1.807, 2.05) is 16.7 Å². The molecule has 0 atom stereocenters. The molecule has 2 N–H and O–H groups in total. The van der Waals surface area contributed by atoms with E-state index < -0.39 is 7.60 Å². The fraction of sp³-hybridized carbons (Fsp3) is 0.421. The Hall–Kier alpha value is -2.52. The molecular formula is C19H26N5O5P. The first-order valence-electron chi connectivity index (χ1n) is 9.59. The summed E-state index contributed by atoms with van der Waals surface area (Å²) in [5.41, 5.74) is 7.91. The summed E-state index contributed by atoms with van der Waals surface area (Å²) < 4.78 is 36.2. The average Bonchev–Trinajstić information content (AvgIpc) is 3.12. The number of hydrogen-bond donors (Lipinski definition) is 1. The number of nitrogen functional groups attached to an aromatic ring is 1. The van der Waals surface area contributed by atoms with Crippen LogP contribution in [0.25, 0.3) is 11.2 Å². The van der Waals surface area contributed by atoms with Gasteiger partial charge in [0.15, 0.2) is 17.0 Å². The van der Waals surface area contributed by atoms with Crippen LogP contribution in [0.4, 0.5) is 5.82 Å². The molecule has 30 heavy (non-hydrogen) atoms. The molecule has 0 aliphatic heterocycles. The van der Waals surface area contributed by atoms with Crippen molar-refractivity contribution in [3.8, 4) is 6.01 Å². The van der Waals surface area contributed by atoms with Gasteiger partial charge in [-0.15, -0.1) is 0 Å². The molecule has 10 nitrogen and oxygen atoms in total. The lowest BCUT2D eigenvalue weighted by Gasteiger charge is -2.18. The third-order valence-corrected chi connectivity index (χ3v) is 6.27. The first-order valence-corrected chi connectivity index (χ1v) is 11.1. The van der Waals surface area contributed by atoms with Gasteiger partial charge in [-0.05, 0) is 31.5 Å². The summed E-state index contributed by atoms with van der Waals surface area (Å²) in [5, 5.41) is 0.505. The second-order valence-corrected chi connectivity index (χ2v) is 8.31. The monoisotopic (exact) mass is 435 g/mol. The number of hydrogen-bond acceptors (Lipinski definition) is 9. The van der Waals surface area contributed by atoms with Gasteiger partial charge in [-0.1, -0.05) is 12.1 Å². The van der Waals surface area contributed by atoms with Gasteiger partial charge in [0.05, 0.1) is 38.0 Å². The van der Waals surface area contributed by atoms with E-state index in [1.165, 1.54) is 0 Å². The maximum atomic E-state index is 13.1. The summed E-state index contributed by atoms with van der Waals surface area (Å²) in [6.07, 6.45) is 1.63. The van der Waals surface area contributed by atoms with Crippen LogP contribution in [-0.4, -0.2) is 53.1 Å². The second-order valence-electron chi connectivity index (χ2n) is 6.28. The molecule has 0 amide bonds. The molecule has 0 aliphatic rings. The third-order valence-electron chi connectivity index (χ3n) is 4.17. The number of imidazole rings is 1. The largest absolute Gasteiger partial charge is 0.461 e. The van der Waals surface area contributed by atoms with E-state index in [-0.39, 0.29) is 25.0 Å². The highest BCUT2D eigenvalue weighted by molar-refractivity contribution is 7.62. The van der Waals surface area contributed by atoms with Gasteiger partial charge >= 0.3 is 13.6 Å². The maximum absolute atomic E-state index is 13.1. The number of anilines is 1. The quantitative estimate of drug-likeness (QED) is 0.357. The van der Waals surface area contributed by atoms with Crippen LogP contribution in [0.3, 0.4) is 0 Å². The molecule has 2 aromatic heterocycles. The first-order chi connectivity index (χ1) is 14.5. The Balaban J connectivity index is 1.90. The van der Waals surface area contributed by atoms with E-state index in [4.69, 9.17) is 24.3 Å². The minimum Gasteiger partial charge on any atom is -0.461 e. The SMILES string of the molecule is CCOP(=O)(OCC)c1cccc(Cn2cnc3c(N)nc(OCCOC)nc32)c1. The zero-order valence-electron chi connectivity index (χ0n) is 17.3. The molecule has 162 valence electrons. The number of nitrogens with zero attached hydrogens (tertiary/aromatic N) is 4. The van der Waals surface area contributed by atoms with E-state index in [2.05, 4.69) is 15.0 Å². The summed E-state index contributed by atoms with van der Waals surface area (Å²) in [6.45, 7) is 5.28. The lowest BCUT2D eigenvalue weighted by Crippen LogP contribution is -2.12. The fourth-order valence-corrected chi connectivity index (χ4v) is 4.54. The van der Waals surface area contributed by atoms with Crippen molar-refractivity contribution >= 4 is 29.9 Å². The van der Waals surface area contributed by atoms with Gasteiger partial charge in [0, 0.05) is 7.11 Å². The number of methoxy groups -OCH3 is 1. The lowest BCUT2D eigenvalue weighted by atomic mass is 10.2. The van der Waals surface area contributed by atoms with Crippen molar-refractivity contribution < 1.29 is 23.1 Å². The van der Waals surface area contributed by atoms with Crippen LogP contribution in [0.15, 0.2) is 30.6 Å². The summed E-state index contributed by atoms with van der Waals surface area (Å²) in [5.74, 6) is 0.233. The summed E-state index contributed by atoms with van der Waals surface area (Å²) in [7, 11) is -1.79. The average molecular weight is 435 g/mol. The van der Waals surface area contributed by atoms with Crippen molar-refractivity contribution in [1.82, 2.24) is 19.5 Å². The molecule has 0 aliphatic carbocycles.